The average molecular weight is 597 g/mol. The van der Waals surface area contributed by atoms with Crippen molar-refractivity contribution in [3.8, 4) is 5.82 Å². The van der Waals surface area contributed by atoms with Crippen molar-refractivity contribution < 1.29 is 9.53 Å². The Labute approximate surface area is 223 Å². The quantitative estimate of drug-likeness (QED) is 0.169. The molecule has 9 nitrogen and oxygen atoms in total. The molecule has 0 spiro atoms. The van der Waals surface area contributed by atoms with Gasteiger partial charge in [0, 0.05) is 36.1 Å². The summed E-state index contributed by atoms with van der Waals surface area (Å²) in [5, 5.41) is 13.8. The van der Waals surface area contributed by atoms with Crippen LogP contribution < -0.4 is 16.0 Å². The van der Waals surface area contributed by atoms with E-state index >= 15 is 0 Å². The summed E-state index contributed by atoms with van der Waals surface area (Å²) in [6, 6.07) is 16.9. The Kier molecular flexibility index (Phi) is 7.85. The third-order valence-electron chi connectivity index (χ3n) is 5.76. The van der Waals surface area contributed by atoms with Gasteiger partial charge in [-0.15, -0.1) is 0 Å². The summed E-state index contributed by atoms with van der Waals surface area (Å²) in [4.78, 5) is 21.5. The molecule has 0 aliphatic heterocycles. The normalized spacial score (nSPS) is 11.2. The number of nitrogens with one attached hydrogen (secondary N) is 3. The first-order valence-electron chi connectivity index (χ1n) is 11.3. The first-order valence-corrected chi connectivity index (χ1v) is 12.9. The van der Waals surface area contributed by atoms with Crippen LogP contribution in [0.2, 0.25) is 0 Å². The third kappa shape index (κ3) is 5.82. The highest BCUT2D eigenvalue weighted by atomic mass is 127. The number of nitrogens with zero attached hydrogens (tertiary/aromatic N) is 4. The van der Waals surface area contributed by atoms with Crippen molar-refractivity contribution in [2.45, 2.75) is 26.4 Å². The molecule has 1 amide bonds. The largest absolute Gasteiger partial charge is 0.373 e. The molecule has 3 N–H and O–H groups in total. The van der Waals surface area contributed by atoms with Gasteiger partial charge in [-0.3, -0.25) is 4.79 Å². The van der Waals surface area contributed by atoms with Gasteiger partial charge in [0.15, 0.2) is 5.82 Å². The van der Waals surface area contributed by atoms with E-state index in [0.29, 0.717) is 27.5 Å². The SMILES string of the molecule is CNc1cc(-n2nccc2Nc2cc(NC(=O)c3cccc(C(C)(C)OCI)c3)ccc2C)ncn1. The van der Waals surface area contributed by atoms with Crippen LogP contribution in [0.5, 0.6) is 0 Å². The van der Waals surface area contributed by atoms with Crippen molar-refractivity contribution in [1.82, 2.24) is 19.7 Å². The zero-order valence-corrected chi connectivity index (χ0v) is 22.7. The molecule has 2 aromatic heterocycles. The second-order valence-electron chi connectivity index (χ2n) is 8.59. The highest BCUT2D eigenvalue weighted by Crippen LogP contribution is 2.28. The molecule has 0 radical (unpaired) electrons. The number of anilines is 4. The summed E-state index contributed by atoms with van der Waals surface area (Å²) in [5.41, 5.74) is 3.54. The Balaban J connectivity index is 1.55. The molecule has 4 rings (SSSR count). The van der Waals surface area contributed by atoms with Gasteiger partial charge in [0.1, 0.15) is 18.0 Å². The van der Waals surface area contributed by atoms with E-state index in [1.807, 2.05) is 69.3 Å². The van der Waals surface area contributed by atoms with E-state index in [9.17, 15) is 4.79 Å². The standard InChI is InChI=1S/C26H28IN7O2/c1-17-8-9-20(32-25(35)18-6-5-7-19(12-18)26(2,3)36-15-27)13-21(17)33-23-10-11-31-34(23)24-14-22(28-4)29-16-30-24/h5-14,16,33H,15H2,1-4H3,(H,32,35)(H,28,29,30). The lowest BCUT2D eigenvalue weighted by Gasteiger charge is -2.25. The van der Waals surface area contributed by atoms with E-state index in [0.717, 1.165) is 22.6 Å². The molecule has 0 aliphatic carbocycles. The van der Waals surface area contributed by atoms with Gasteiger partial charge in [0.2, 0.25) is 0 Å². The zero-order valence-electron chi connectivity index (χ0n) is 20.5. The monoisotopic (exact) mass is 597 g/mol. The Morgan fingerprint density at radius 2 is 1.94 bits per heavy atom. The van der Waals surface area contributed by atoms with E-state index in [4.69, 9.17) is 4.74 Å². The predicted octanol–water partition coefficient (Wildman–Crippen LogP) is 5.65. The smallest absolute Gasteiger partial charge is 0.255 e. The second-order valence-corrected chi connectivity index (χ2v) is 9.22. The Hall–Kier alpha value is -3.51. The zero-order chi connectivity index (χ0) is 25.7. The van der Waals surface area contributed by atoms with Crippen LogP contribution in [0.1, 0.15) is 35.3 Å². The highest BCUT2D eigenvalue weighted by molar-refractivity contribution is 14.1. The van der Waals surface area contributed by atoms with Crippen molar-refractivity contribution in [1.29, 1.82) is 0 Å². The van der Waals surface area contributed by atoms with Crippen LogP contribution in [0.4, 0.5) is 23.0 Å². The minimum absolute atomic E-state index is 0.192. The van der Waals surface area contributed by atoms with E-state index in [1.54, 1.807) is 24.0 Å². The molecule has 0 saturated heterocycles. The van der Waals surface area contributed by atoms with E-state index < -0.39 is 5.60 Å². The van der Waals surface area contributed by atoms with Crippen LogP contribution in [0.3, 0.4) is 0 Å². The van der Waals surface area contributed by atoms with Crippen LogP contribution in [0.15, 0.2) is 67.1 Å². The van der Waals surface area contributed by atoms with Crippen LogP contribution in [0.25, 0.3) is 5.82 Å². The maximum absolute atomic E-state index is 13.1. The lowest BCUT2D eigenvalue weighted by Crippen LogP contribution is -2.22. The van der Waals surface area contributed by atoms with Gasteiger partial charge < -0.3 is 20.7 Å². The summed E-state index contributed by atoms with van der Waals surface area (Å²) in [6.07, 6.45) is 3.18. The van der Waals surface area contributed by atoms with Crippen LogP contribution in [-0.4, -0.2) is 37.3 Å². The molecule has 186 valence electrons. The molecule has 0 bridgehead atoms. The molecular weight excluding hydrogens is 569 g/mol. The number of benzene rings is 2. The van der Waals surface area contributed by atoms with Gasteiger partial charge in [-0.25, -0.2) is 9.97 Å². The topological polar surface area (TPSA) is 106 Å². The Morgan fingerprint density at radius 1 is 1.11 bits per heavy atom. The Morgan fingerprint density at radius 3 is 2.72 bits per heavy atom. The number of hydrogen-bond acceptors (Lipinski definition) is 7. The van der Waals surface area contributed by atoms with Crippen LogP contribution in [0, 0.1) is 6.92 Å². The molecular formula is C26H28IN7O2. The number of carbonyl (C=O) groups is 1. The molecule has 4 aromatic rings. The van der Waals surface area contributed by atoms with Gasteiger partial charge in [0.25, 0.3) is 5.91 Å². The number of amides is 1. The van der Waals surface area contributed by atoms with Crippen molar-refractivity contribution in [3.63, 3.8) is 0 Å². The summed E-state index contributed by atoms with van der Waals surface area (Å²) >= 11 is 2.18. The van der Waals surface area contributed by atoms with Crippen LogP contribution in [-0.2, 0) is 10.3 Å². The molecule has 2 heterocycles. The fourth-order valence-corrected chi connectivity index (χ4v) is 4.39. The average Bonchev–Trinajstić information content (AvgIpc) is 3.34. The predicted molar refractivity (Wildman–Crippen MR) is 151 cm³/mol. The molecule has 10 heteroatoms. The van der Waals surface area contributed by atoms with Gasteiger partial charge in [0.05, 0.1) is 16.4 Å². The number of alkyl halides is 1. The fourth-order valence-electron chi connectivity index (χ4n) is 3.61. The Bertz CT molecular complexity index is 1370. The van der Waals surface area contributed by atoms with Crippen molar-refractivity contribution in [3.05, 3.63) is 83.8 Å². The number of rotatable bonds is 9. The van der Waals surface area contributed by atoms with Crippen molar-refractivity contribution in [2.24, 2.45) is 0 Å². The lowest BCUT2D eigenvalue weighted by atomic mass is 9.96. The van der Waals surface area contributed by atoms with E-state index in [2.05, 4.69) is 53.6 Å². The number of hydrogen-bond donors (Lipinski definition) is 3. The van der Waals surface area contributed by atoms with Gasteiger partial charge >= 0.3 is 0 Å². The van der Waals surface area contributed by atoms with Gasteiger partial charge in [-0.2, -0.15) is 9.78 Å². The number of ether oxygens (including phenoxy) is 1. The number of carbonyl (C=O) groups excluding carboxylic acids is 1. The first kappa shape index (κ1) is 25.6. The molecule has 36 heavy (non-hydrogen) atoms. The number of aromatic nitrogens is 4. The summed E-state index contributed by atoms with van der Waals surface area (Å²) in [7, 11) is 1.80. The van der Waals surface area contributed by atoms with Crippen molar-refractivity contribution >= 4 is 51.5 Å². The maximum atomic E-state index is 13.1. The molecule has 0 unspecified atom stereocenters. The summed E-state index contributed by atoms with van der Waals surface area (Å²) in [6.45, 7) is 5.98. The first-order chi connectivity index (χ1) is 17.3. The van der Waals surface area contributed by atoms with Crippen LogP contribution >= 0.6 is 22.6 Å². The molecule has 0 atom stereocenters. The highest BCUT2D eigenvalue weighted by Gasteiger charge is 2.22. The van der Waals surface area contributed by atoms with Gasteiger partial charge in [-0.1, -0.05) is 40.8 Å². The fraction of sp³-hybridized carbons (Fsp3) is 0.231. The maximum Gasteiger partial charge on any atom is 0.255 e. The minimum Gasteiger partial charge on any atom is -0.373 e. The number of halogens is 1. The summed E-state index contributed by atoms with van der Waals surface area (Å²) < 4.78 is 8.09. The summed E-state index contributed by atoms with van der Waals surface area (Å²) in [5.74, 6) is 1.85. The molecule has 2 aromatic carbocycles. The minimum atomic E-state index is -0.487. The lowest BCUT2D eigenvalue weighted by molar-refractivity contribution is 0.0139. The van der Waals surface area contributed by atoms with E-state index in [1.165, 1.54) is 6.33 Å². The van der Waals surface area contributed by atoms with Crippen molar-refractivity contribution in [2.75, 3.05) is 27.6 Å². The molecule has 0 saturated carbocycles. The number of aryl methyl sites for hydroxylation is 1. The third-order valence-corrected chi connectivity index (χ3v) is 6.07. The molecule has 0 fully saturated rings. The van der Waals surface area contributed by atoms with E-state index in [-0.39, 0.29) is 5.91 Å². The van der Waals surface area contributed by atoms with Gasteiger partial charge in [-0.05, 0) is 56.2 Å². The molecule has 0 aliphatic rings. The second kappa shape index (κ2) is 11.0.